The summed E-state index contributed by atoms with van der Waals surface area (Å²) in [5, 5.41) is 14.0. The molecule has 1 heterocycles. The molecule has 0 atom stereocenters. The molecule has 2 rings (SSSR count). The van der Waals surface area contributed by atoms with Gasteiger partial charge in [0.2, 0.25) is 5.91 Å². The quantitative estimate of drug-likeness (QED) is 0.555. The molecule has 1 aromatic rings. The lowest BCUT2D eigenvalue weighted by Gasteiger charge is -2.37. The maximum absolute atomic E-state index is 12.0. The Morgan fingerprint density at radius 1 is 1.17 bits per heavy atom. The second-order valence-corrected chi connectivity index (χ2v) is 7.00. The number of likely N-dealkylation sites (tertiary alicyclic amines) is 1. The number of carboxylic acids is 1. The Morgan fingerprint density at radius 2 is 1.83 bits per heavy atom. The third-order valence-electron chi connectivity index (χ3n) is 5.02. The van der Waals surface area contributed by atoms with Crippen LogP contribution in [0.4, 0.5) is 4.79 Å². The number of benzene rings is 1. The number of carbonyl (C=O) groups excluding carboxylic acids is 2. The molecule has 29 heavy (non-hydrogen) atoms. The minimum absolute atomic E-state index is 0. The van der Waals surface area contributed by atoms with Gasteiger partial charge < -0.3 is 15.3 Å². The van der Waals surface area contributed by atoms with E-state index in [2.05, 4.69) is 15.5 Å². The number of rotatable bonds is 9. The van der Waals surface area contributed by atoms with E-state index in [1.54, 1.807) is 0 Å². The molecule has 8 nitrogen and oxygen atoms in total. The molecule has 0 bridgehead atoms. The van der Waals surface area contributed by atoms with Crippen LogP contribution in [0.15, 0.2) is 30.3 Å². The summed E-state index contributed by atoms with van der Waals surface area (Å²) < 4.78 is 0. The number of piperidine rings is 1. The first-order valence-corrected chi connectivity index (χ1v) is 9.77. The van der Waals surface area contributed by atoms with Gasteiger partial charge in [-0.25, -0.2) is 4.79 Å². The summed E-state index contributed by atoms with van der Waals surface area (Å²) in [4.78, 5) is 38.9. The highest BCUT2D eigenvalue weighted by molar-refractivity contribution is 5.94. The average molecular weight is 427 g/mol. The van der Waals surface area contributed by atoms with Gasteiger partial charge in [-0.15, -0.1) is 12.4 Å². The van der Waals surface area contributed by atoms with Crippen LogP contribution < -0.4 is 10.6 Å². The Hall–Kier alpha value is -2.16. The van der Waals surface area contributed by atoms with Crippen molar-refractivity contribution in [3.05, 3.63) is 35.9 Å². The fourth-order valence-electron chi connectivity index (χ4n) is 3.45. The second-order valence-electron chi connectivity index (χ2n) is 7.00. The summed E-state index contributed by atoms with van der Waals surface area (Å²) in [6, 6.07) is 9.29. The van der Waals surface area contributed by atoms with Gasteiger partial charge in [-0.1, -0.05) is 37.3 Å². The topological polar surface area (TPSA) is 102 Å². The lowest BCUT2D eigenvalue weighted by Crippen LogP contribution is -2.47. The summed E-state index contributed by atoms with van der Waals surface area (Å²) in [6.07, 6.45) is 2.04. The monoisotopic (exact) mass is 426 g/mol. The van der Waals surface area contributed by atoms with Gasteiger partial charge >= 0.3 is 12.0 Å². The number of hydrogen-bond acceptors (Lipinski definition) is 5. The van der Waals surface area contributed by atoms with Gasteiger partial charge in [-0.3, -0.25) is 19.8 Å². The van der Waals surface area contributed by atoms with Crippen molar-refractivity contribution < 1.29 is 19.5 Å². The van der Waals surface area contributed by atoms with E-state index >= 15 is 0 Å². The molecule has 1 saturated heterocycles. The highest BCUT2D eigenvalue weighted by Crippen LogP contribution is 2.16. The highest BCUT2D eigenvalue weighted by Gasteiger charge is 2.25. The predicted octanol–water partition coefficient (Wildman–Crippen LogP) is 1.70. The van der Waals surface area contributed by atoms with Crippen molar-refractivity contribution in [2.45, 2.75) is 38.8 Å². The number of halogens is 1. The van der Waals surface area contributed by atoms with Crippen molar-refractivity contribution >= 4 is 30.3 Å². The molecular formula is C20H31ClN4O4. The number of carboxylic acid groups (broad SMARTS) is 1. The van der Waals surface area contributed by atoms with E-state index in [-0.39, 0.29) is 37.3 Å². The number of urea groups is 1. The SMILES string of the molecule is CCN(CC(=O)O)C1CCN(CCC(=O)NC(=O)NCc2ccccc2)CC1.Cl. The zero-order chi connectivity index (χ0) is 20.4. The molecule has 3 amide bonds. The van der Waals surface area contributed by atoms with Crippen LogP contribution in [-0.2, 0) is 16.1 Å². The molecule has 3 N–H and O–H groups in total. The number of aliphatic carboxylic acids is 1. The van der Waals surface area contributed by atoms with Crippen LogP contribution >= 0.6 is 12.4 Å². The minimum atomic E-state index is -0.800. The third-order valence-corrected chi connectivity index (χ3v) is 5.02. The first-order valence-electron chi connectivity index (χ1n) is 9.77. The van der Waals surface area contributed by atoms with Gasteiger partial charge in [-0.05, 0) is 38.0 Å². The molecule has 0 saturated carbocycles. The minimum Gasteiger partial charge on any atom is -0.480 e. The van der Waals surface area contributed by atoms with E-state index < -0.39 is 12.0 Å². The maximum Gasteiger partial charge on any atom is 0.321 e. The first kappa shape index (κ1) is 24.9. The molecule has 9 heteroatoms. The molecule has 0 radical (unpaired) electrons. The van der Waals surface area contributed by atoms with E-state index in [4.69, 9.17) is 5.11 Å². The lowest BCUT2D eigenvalue weighted by molar-refractivity contribution is -0.139. The molecule has 162 valence electrons. The van der Waals surface area contributed by atoms with E-state index in [1.807, 2.05) is 42.2 Å². The zero-order valence-corrected chi connectivity index (χ0v) is 17.6. The molecule has 1 fully saturated rings. The van der Waals surface area contributed by atoms with Crippen LogP contribution in [0, 0.1) is 0 Å². The summed E-state index contributed by atoms with van der Waals surface area (Å²) in [6.45, 7) is 5.39. The lowest BCUT2D eigenvalue weighted by atomic mass is 10.0. The van der Waals surface area contributed by atoms with Crippen LogP contribution in [0.2, 0.25) is 0 Å². The van der Waals surface area contributed by atoms with Gasteiger partial charge in [-0.2, -0.15) is 0 Å². The normalized spacial score (nSPS) is 14.8. The summed E-state index contributed by atoms with van der Waals surface area (Å²) in [7, 11) is 0. The van der Waals surface area contributed by atoms with Crippen LogP contribution in [0.25, 0.3) is 0 Å². The van der Waals surface area contributed by atoms with Gasteiger partial charge in [0.05, 0.1) is 6.54 Å². The highest BCUT2D eigenvalue weighted by atomic mass is 35.5. The Bertz CT molecular complexity index is 651. The van der Waals surface area contributed by atoms with Crippen molar-refractivity contribution in [3.8, 4) is 0 Å². The van der Waals surface area contributed by atoms with Crippen LogP contribution in [0.5, 0.6) is 0 Å². The van der Waals surface area contributed by atoms with Crippen LogP contribution in [0.3, 0.4) is 0 Å². The molecule has 1 aromatic carbocycles. The molecule has 0 aromatic heterocycles. The maximum atomic E-state index is 12.0. The number of nitrogens with zero attached hydrogens (tertiary/aromatic N) is 2. The van der Waals surface area contributed by atoms with E-state index in [1.165, 1.54) is 0 Å². The third kappa shape index (κ3) is 9.25. The fraction of sp³-hybridized carbons (Fsp3) is 0.550. The first-order chi connectivity index (χ1) is 13.5. The number of imide groups is 1. The summed E-state index contributed by atoms with van der Waals surface area (Å²) >= 11 is 0. The Labute approximate surface area is 178 Å². The van der Waals surface area contributed by atoms with Crippen molar-refractivity contribution in [1.29, 1.82) is 0 Å². The van der Waals surface area contributed by atoms with E-state index in [9.17, 15) is 14.4 Å². The van der Waals surface area contributed by atoms with Crippen molar-refractivity contribution in [1.82, 2.24) is 20.4 Å². The van der Waals surface area contributed by atoms with Crippen molar-refractivity contribution in [3.63, 3.8) is 0 Å². The van der Waals surface area contributed by atoms with Gasteiger partial charge in [0.25, 0.3) is 0 Å². The van der Waals surface area contributed by atoms with Crippen LogP contribution in [-0.4, -0.2) is 71.6 Å². The summed E-state index contributed by atoms with van der Waals surface area (Å²) in [5.41, 5.74) is 0.969. The standard InChI is InChI=1S/C20H30N4O4.ClH/c1-2-24(15-19(26)27)17-8-11-23(12-9-17)13-10-18(25)22-20(28)21-14-16-6-4-3-5-7-16;/h3-7,17H,2,8-15H2,1H3,(H,26,27)(H2,21,22,25,28);1H. The Kier molecular flexibility index (Phi) is 11.3. The number of amides is 3. The van der Waals surface area contributed by atoms with Gasteiger partial charge in [0, 0.05) is 25.6 Å². The Balaban J connectivity index is 0.00000420. The predicted molar refractivity (Wildman–Crippen MR) is 113 cm³/mol. The van der Waals surface area contributed by atoms with Gasteiger partial charge in [0.1, 0.15) is 0 Å². The van der Waals surface area contributed by atoms with Crippen molar-refractivity contribution in [2.24, 2.45) is 0 Å². The largest absolute Gasteiger partial charge is 0.480 e. The Morgan fingerprint density at radius 3 is 2.41 bits per heavy atom. The van der Waals surface area contributed by atoms with E-state index in [0.717, 1.165) is 38.0 Å². The average Bonchev–Trinajstić information content (AvgIpc) is 2.70. The number of carbonyl (C=O) groups is 3. The van der Waals surface area contributed by atoms with Crippen LogP contribution in [0.1, 0.15) is 31.7 Å². The molecule has 0 aliphatic carbocycles. The second kappa shape index (κ2) is 13.1. The smallest absolute Gasteiger partial charge is 0.321 e. The molecule has 0 spiro atoms. The fourth-order valence-corrected chi connectivity index (χ4v) is 3.45. The summed E-state index contributed by atoms with van der Waals surface area (Å²) in [5.74, 6) is -1.10. The molecule has 1 aliphatic rings. The number of nitrogens with one attached hydrogen (secondary N) is 2. The molecule has 0 unspecified atom stereocenters. The number of hydrogen-bond donors (Lipinski definition) is 3. The molecule has 1 aliphatic heterocycles. The number of likely N-dealkylation sites (N-methyl/N-ethyl adjacent to an activating group) is 1. The van der Waals surface area contributed by atoms with Crippen molar-refractivity contribution in [2.75, 3.05) is 32.7 Å². The van der Waals surface area contributed by atoms with E-state index in [0.29, 0.717) is 13.1 Å². The van der Waals surface area contributed by atoms with Gasteiger partial charge in [0.15, 0.2) is 0 Å². The molecular weight excluding hydrogens is 396 g/mol. The zero-order valence-electron chi connectivity index (χ0n) is 16.8.